The summed E-state index contributed by atoms with van der Waals surface area (Å²) >= 11 is 0. The summed E-state index contributed by atoms with van der Waals surface area (Å²) in [5.41, 5.74) is -0.446. The number of pyridine rings is 1. The fourth-order valence-electron chi connectivity index (χ4n) is 7.42. The molecular formula is C35H49N3O5. The first-order valence-corrected chi connectivity index (χ1v) is 16.3. The summed E-state index contributed by atoms with van der Waals surface area (Å²) in [6.45, 7) is 7.76. The van der Waals surface area contributed by atoms with Crippen molar-refractivity contribution < 1.29 is 19.8 Å². The van der Waals surface area contributed by atoms with Gasteiger partial charge in [0.2, 0.25) is 5.91 Å². The third-order valence-corrected chi connectivity index (χ3v) is 10.4. The van der Waals surface area contributed by atoms with Gasteiger partial charge >= 0.3 is 0 Å². The molecule has 3 heterocycles. The van der Waals surface area contributed by atoms with Gasteiger partial charge in [-0.3, -0.25) is 14.4 Å². The van der Waals surface area contributed by atoms with Crippen molar-refractivity contribution in [3.05, 3.63) is 58.5 Å². The first kappa shape index (κ1) is 31.5. The van der Waals surface area contributed by atoms with Crippen molar-refractivity contribution in [3.8, 4) is 11.1 Å². The summed E-state index contributed by atoms with van der Waals surface area (Å²) in [5.74, 6) is 0.561. The number of likely N-dealkylation sites (tertiary alicyclic amines) is 2. The standard InChI is InChI=1S/C35H49N3O5/c1-25(20-26-10-6-4-7-11-26)32(41)37-19-16-35(43,34(2,3)23-37)24-38-22-30(33(42)36-17-14-28(39)15-18-36)29(21-31(38)40)27-12-8-5-9-13-27/h5,8-9,12-13,21-22,25-26,28,39,43H,4,6-7,10-11,14-20,23-24H2,1-3H3/t25?,35-/m0/s1. The Balaban J connectivity index is 1.37. The number of amides is 2. The molecule has 2 N–H and O–H groups in total. The van der Waals surface area contributed by atoms with Gasteiger partial charge in [0.15, 0.2) is 0 Å². The second-order valence-corrected chi connectivity index (χ2v) is 14.0. The zero-order valence-corrected chi connectivity index (χ0v) is 26.1. The fourth-order valence-corrected chi connectivity index (χ4v) is 7.42. The lowest BCUT2D eigenvalue weighted by molar-refractivity contribution is -0.157. The number of hydrogen-bond acceptors (Lipinski definition) is 5. The SMILES string of the molecule is CC(CC1CCCCC1)C(=O)N1CC[C@](O)(Cn2cc(C(=O)N3CCC(O)CC3)c(-c3ccccc3)cc2=O)C(C)(C)C1. The number of benzene rings is 1. The van der Waals surface area contributed by atoms with Crippen molar-refractivity contribution >= 4 is 11.8 Å². The summed E-state index contributed by atoms with van der Waals surface area (Å²) in [6.07, 6.45) is 9.77. The largest absolute Gasteiger partial charge is 0.393 e. The second kappa shape index (κ2) is 12.9. The average molecular weight is 592 g/mol. The van der Waals surface area contributed by atoms with Crippen LogP contribution >= 0.6 is 0 Å². The first-order valence-electron chi connectivity index (χ1n) is 16.3. The lowest BCUT2D eigenvalue weighted by atomic mass is 9.69. The lowest BCUT2D eigenvalue weighted by Gasteiger charge is -2.51. The van der Waals surface area contributed by atoms with Gasteiger partial charge in [-0.05, 0) is 37.2 Å². The molecule has 3 aliphatic rings. The minimum Gasteiger partial charge on any atom is -0.393 e. The molecule has 3 fully saturated rings. The molecule has 2 amide bonds. The third kappa shape index (κ3) is 6.91. The Morgan fingerprint density at radius 1 is 0.977 bits per heavy atom. The molecule has 1 aromatic carbocycles. The average Bonchev–Trinajstić information content (AvgIpc) is 3.00. The molecule has 2 aromatic rings. The van der Waals surface area contributed by atoms with Gasteiger partial charge < -0.3 is 24.6 Å². The van der Waals surface area contributed by atoms with Crippen LogP contribution in [0.25, 0.3) is 11.1 Å². The van der Waals surface area contributed by atoms with Crippen molar-refractivity contribution in [3.63, 3.8) is 0 Å². The number of carbonyl (C=O) groups is 2. The molecule has 1 aliphatic carbocycles. The lowest BCUT2D eigenvalue weighted by Crippen LogP contribution is -2.61. The highest BCUT2D eigenvalue weighted by Gasteiger charge is 2.49. The van der Waals surface area contributed by atoms with Gasteiger partial charge in [-0.2, -0.15) is 0 Å². The molecule has 1 aromatic heterocycles. The number of aliphatic hydroxyl groups excluding tert-OH is 1. The third-order valence-electron chi connectivity index (χ3n) is 10.4. The molecule has 43 heavy (non-hydrogen) atoms. The van der Waals surface area contributed by atoms with E-state index < -0.39 is 17.1 Å². The van der Waals surface area contributed by atoms with Crippen molar-refractivity contribution in [1.29, 1.82) is 0 Å². The van der Waals surface area contributed by atoms with Gasteiger partial charge in [-0.15, -0.1) is 0 Å². The molecule has 234 valence electrons. The maximum atomic E-state index is 13.8. The minimum atomic E-state index is -1.25. The van der Waals surface area contributed by atoms with Crippen LogP contribution in [-0.4, -0.2) is 74.3 Å². The second-order valence-electron chi connectivity index (χ2n) is 14.0. The van der Waals surface area contributed by atoms with E-state index in [1.54, 1.807) is 11.1 Å². The Hall–Kier alpha value is -2.97. The molecule has 2 atom stereocenters. The number of carbonyl (C=O) groups excluding carboxylic acids is 2. The van der Waals surface area contributed by atoms with Gasteiger partial charge in [-0.1, -0.05) is 83.2 Å². The number of aromatic nitrogens is 1. The topological polar surface area (TPSA) is 103 Å². The maximum Gasteiger partial charge on any atom is 0.255 e. The van der Waals surface area contributed by atoms with Crippen LogP contribution in [0.4, 0.5) is 0 Å². The summed E-state index contributed by atoms with van der Waals surface area (Å²) in [4.78, 5) is 44.4. The number of rotatable bonds is 7. The summed E-state index contributed by atoms with van der Waals surface area (Å²) in [7, 11) is 0. The zero-order chi connectivity index (χ0) is 30.8. The van der Waals surface area contributed by atoms with Crippen molar-refractivity contribution in [1.82, 2.24) is 14.4 Å². The zero-order valence-electron chi connectivity index (χ0n) is 26.1. The van der Waals surface area contributed by atoms with E-state index >= 15 is 0 Å². The molecule has 2 aliphatic heterocycles. The summed E-state index contributed by atoms with van der Waals surface area (Å²) in [5, 5.41) is 22.0. The van der Waals surface area contributed by atoms with Gasteiger partial charge in [-0.25, -0.2) is 0 Å². The van der Waals surface area contributed by atoms with Crippen LogP contribution in [0.3, 0.4) is 0 Å². The van der Waals surface area contributed by atoms with E-state index in [0.717, 1.165) is 12.0 Å². The summed E-state index contributed by atoms with van der Waals surface area (Å²) in [6, 6.07) is 10.9. The highest BCUT2D eigenvalue weighted by Crippen LogP contribution is 2.41. The quantitative estimate of drug-likeness (QED) is 0.486. The molecule has 2 saturated heterocycles. The van der Waals surface area contributed by atoms with E-state index in [1.165, 1.54) is 42.7 Å². The predicted octanol–water partition coefficient (Wildman–Crippen LogP) is 4.71. The number of aliphatic hydroxyl groups is 2. The van der Waals surface area contributed by atoms with Crippen LogP contribution < -0.4 is 5.56 Å². The number of nitrogens with zero attached hydrogens (tertiary/aromatic N) is 3. The van der Waals surface area contributed by atoms with Gasteiger partial charge in [0.25, 0.3) is 11.5 Å². The first-order chi connectivity index (χ1) is 20.5. The van der Waals surface area contributed by atoms with Crippen LogP contribution in [-0.2, 0) is 11.3 Å². The van der Waals surface area contributed by atoms with Crippen LogP contribution in [0, 0.1) is 17.3 Å². The Morgan fingerprint density at radius 3 is 2.30 bits per heavy atom. The van der Waals surface area contributed by atoms with Crippen molar-refractivity contribution in [2.45, 2.75) is 96.8 Å². The van der Waals surface area contributed by atoms with Gasteiger partial charge in [0, 0.05) is 55.3 Å². The molecular weight excluding hydrogens is 542 g/mol. The number of hydrogen-bond donors (Lipinski definition) is 2. The molecule has 0 radical (unpaired) electrons. The molecule has 8 heteroatoms. The van der Waals surface area contributed by atoms with Crippen LogP contribution in [0.1, 0.15) is 88.9 Å². The Bertz CT molecular complexity index is 1340. The highest BCUT2D eigenvalue weighted by molar-refractivity contribution is 6.00. The highest BCUT2D eigenvalue weighted by atomic mass is 16.3. The molecule has 0 bridgehead atoms. The monoisotopic (exact) mass is 591 g/mol. The van der Waals surface area contributed by atoms with E-state index in [0.29, 0.717) is 62.5 Å². The van der Waals surface area contributed by atoms with Crippen LogP contribution in [0.15, 0.2) is 47.4 Å². The van der Waals surface area contributed by atoms with Crippen molar-refractivity contribution in [2.75, 3.05) is 26.2 Å². The van der Waals surface area contributed by atoms with Crippen molar-refractivity contribution in [2.24, 2.45) is 17.3 Å². The van der Waals surface area contributed by atoms with Gasteiger partial charge in [0.05, 0.1) is 23.8 Å². The maximum absolute atomic E-state index is 13.8. The molecule has 1 saturated carbocycles. The Kier molecular flexibility index (Phi) is 9.47. The molecule has 1 unspecified atom stereocenters. The van der Waals surface area contributed by atoms with E-state index in [9.17, 15) is 24.6 Å². The van der Waals surface area contributed by atoms with E-state index in [4.69, 9.17) is 0 Å². The van der Waals surface area contributed by atoms with Crippen LogP contribution in [0.2, 0.25) is 0 Å². The molecule has 5 rings (SSSR count). The van der Waals surface area contributed by atoms with Crippen LogP contribution in [0.5, 0.6) is 0 Å². The van der Waals surface area contributed by atoms with Gasteiger partial charge in [0.1, 0.15) is 0 Å². The molecule has 0 spiro atoms. The van der Waals surface area contributed by atoms with E-state index in [-0.39, 0.29) is 29.8 Å². The summed E-state index contributed by atoms with van der Waals surface area (Å²) < 4.78 is 1.48. The van der Waals surface area contributed by atoms with E-state index in [2.05, 4.69) is 0 Å². The molecule has 8 nitrogen and oxygen atoms in total. The number of piperidine rings is 2. The normalized spacial score (nSPS) is 24.1. The minimum absolute atomic E-state index is 0.0343. The predicted molar refractivity (Wildman–Crippen MR) is 168 cm³/mol. The fraction of sp³-hybridized carbons (Fsp3) is 0.629. The smallest absolute Gasteiger partial charge is 0.255 e. The van der Waals surface area contributed by atoms with E-state index in [1.807, 2.05) is 56.0 Å². The Morgan fingerprint density at radius 2 is 1.65 bits per heavy atom. The Labute approximate surface area is 255 Å².